The quantitative estimate of drug-likeness (QED) is 0.632. The van der Waals surface area contributed by atoms with Crippen molar-refractivity contribution in [2.24, 2.45) is 0 Å². The van der Waals surface area contributed by atoms with Crippen molar-refractivity contribution in [2.45, 2.75) is 23.7 Å². The van der Waals surface area contributed by atoms with E-state index in [9.17, 15) is 16.8 Å². The maximum Gasteiger partial charge on any atom is 0.243 e. The number of benzene rings is 1. The number of piperazine rings is 1. The van der Waals surface area contributed by atoms with E-state index in [2.05, 4.69) is 15.0 Å². The van der Waals surface area contributed by atoms with Crippen molar-refractivity contribution in [2.75, 3.05) is 52.6 Å². The number of sulfonamides is 2. The lowest BCUT2D eigenvalue weighted by atomic mass is 10.00. The lowest BCUT2D eigenvalue weighted by Gasteiger charge is -2.31. The highest BCUT2D eigenvalue weighted by atomic mass is 32.2. The molecule has 2 aromatic rings. The van der Waals surface area contributed by atoms with Crippen LogP contribution in [0.1, 0.15) is 24.7 Å². The van der Waals surface area contributed by atoms with Crippen LogP contribution in [0.25, 0.3) is 11.4 Å². The molecule has 12 heteroatoms. The van der Waals surface area contributed by atoms with Gasteiger partial charge in [-0.15, -0.1) is 0 Å². The Labute approximate surface area is 182 Å². The molecule has 0 N–H and O–H groups in total. The van der Waals surface area contributed by atoms with E-state index in [-0.39, 0.29) is 10.8 Å². The predicted octanol–water partition coefficient (Wildman–Crippen LogP) is 0.812. The third-order valence-electron chi connectivity index (χ3n) is 5.86. The topological polar surface area (TPSA) is 117 Å². The molecule has 0 unspecified atom stereocenters. The van der Waals surface area contributed by atoms with E-state index in [0.717, 1.165) is 12.8 Å². The molecular formula is C19H27N5O5S2. The van der Waals surface area contributed by atoms with E-state index in [4.69, 9.17) is 4.52 Å². The first kappa shape index (κ1) is 22.3. The first-order chi connectivity index (χ1) is 14.6. The maximum absolute atomic E-state index is 12.9. The number of hydrogen-bond acceptors (Lipinski definition) is 8. The van der Waals surface area contributed by atoms with Crippen molar-refractivity contribution in [3.05, 3.63) is 30.2 Å². The van der Waals surface area contributed by atoms with Gasteiger partial charge < -0.3 is 9.42 Å². The normalized spacial score (nSPS) is 22.6. The second-order valence-electron chi connectivity index (χ2n) is 8.15. The Balaban J connectivity index is 1.48. The number of aromatic nitrogens is 2. The SMILES string of the molecule is CN1CCN(S(=O)(=O)c2ccc(-c3noc([C@H]4CCCN(S(C)(=O)=O)C4)n3)cc2)CC1. The van der Waals surface area contributed by atoms with Crippen LogP contribution in [0, 0.1) is 0 Å². The largest absolute Gasteiger partial charge is 0.339 e. The molecule has 4 rings (SSSR count). The second kappa shape index (κ2) is 8.58. The van der Waals surface area contributed by atoms with Gasteiger partial charge in [-0.25, -0.2) is 21.1 Å². The molecule has 0 radical (unpaired) electrons. The fourth-order valence-electron chi connectivity index (χ4n) is 3.92. The highest BCUT2D eigenvalue weighted by molar-refractivity contribution is 7.89. The van der Waals surface area contributed by atoms with E-state index >= 15 is 0 Å². The molecule has 0 aliphatic carbocycles. The predicted molar refractivity (Wildman–Crippen MR) is 114 cm³/mol. The van der Waals surface area contributed by atoms with Gasteiger partial charge in [0.15, 0.2) is 0 Å². The summed E-state index contributed by atoms with van der Waals surface area (Å²) in [6, 6.07) is 6.46. The van der Waals surface area contributed by atoms with Crippen molar-refractivity contribution in [1.29, 1.82) is 0 Å². The Morgan fingerprint density at radius 1 is 0.968 bits per heavy atom. The van der Waals surface area contributed by atoms with Crippen LogP contribution >= 0.6 is 0 Å². The minimum atomic E-state index is -3.54. The summed E-state index contributed by atoms with van der Waals surface area (Å²) in [5.74, 6) is 0.606. The summed E-state index contributed by atoms with van der Waals surface area (Å²) in [6.07, 6.45) is 2.70. The molecule has 2 fully saturated rings. The second-order valence-corrected chi connectivity index (χ2v) is 12.1. The van der Waals surface area contributed by atoms with E-state index in [0.29, 0.717) is 56.5 Å². The van der Waals surface area contributed by atoms with Crippen LogP contribution in [0.15, 0.2) is 33.7 Å². The lowest BCUT2D eigenvalue weighted by Crippen LogP contribution is -2.46. The number of likely N-dealkylation sites (N-methyl/N-ethyl adjacent to an activating group) is 1. The average molecular weight is 470 g/mol. The van der Waals surface area contributed by atoms with Crippen molar-refractivity contribution in [3.8, 4) is 11.4 Å². The van der Waals surface area contributed by atoms with E-state index < -0.39 is 20.0 Å². The zero-order chi connectivity index (χ0) is 22.2. The van der Waals surface area contributed by atoms with Crippen molar-refractivity contribution in [1.82, 2.24) is 23.7 Å². The Bertz CT molecular complexity index is 1120. The summed E-state index contributed by atoms with van der Waals surface area (Å²) in [6.45, 7) is 3.19. The van der Waals surface area contributed by atoms with Gasteiger partial charge in [0.1, 0.15) is 0 Å². The molecule has 2 aliphatic rings. The molecule has 10 nitrogen and oxygen atoms in total. The molecule has 1 atom stereocenters. The Morgan fingerprint density at radius 2 is 1.65 bits per heavy atom. The first-order valence-electron chi connectivity index (χ1n) is 10.2. The monoisotopic (exact) mass is 469 g/mol. The smallest absolute Gasteiger partial charge is 0.243 e. The van der Waals surface area contributed by atoms with Crippen LogP contribution in [0.5, 0.6) is 0 Å². The molecule has 0 bridgehead atoms. The molecule has 0 saturated carbocycles. The van der Waals surface area contributed by atoms with Gasteiger partial charge in [-0.3, -0.25) is 0 Å². The summed E-state index contributed by atoms with van der Waals surface area (Å²) in [4.78, 5) is 6.78. The molecule has 2 saturated heterocycles. The van der Waals surface area contributed by atoms with Crippen LogP contribution in [-0.4, -0.2) is 93.1 Å². The molecule has 0 amide bonds. The average Bonchev–Trinajstić information content (AvgIpc) is 3.24. The third-order valence-corrected chi connectivity index (χ3v) is 9.04. The van der Waals surface area contributed by atoms with Crippen LogP contribution in [0.3, 0.4) is 0 Å². The molecule has 2 aliphatic heterocycles. The minimum Gasteiger partial charge on any atom is -0.339 e. The molecule has 170 valence electrons. The highest BCUT2D eigenvalue weighted by Gasteiger charge is 2.31. The lowest BCUT2D eigenvalue weighted by molar-refractivity contribution is 0.222. The third kappa shape index (κ3) is 4.82. The number of hydrogen-bond donors (Lipinski definition) is 0. The van der Waals surface area contributed by atoms with Gasteiger partial charge in [-0.05, 0) is 44.2 Å². The molecule has 1 aromatic heterocycles. The zero-order valence-electron chi connectivity index (χ0n) is 17.6. The fourth-order valence-corrected chi connectivity index (χ4v) is 6.25. The fraction of sp³-hybridized carbons (Fsp3) is 0.579. The van der Waals surface area contributed by atoms with Gasteiger partial charge in [0.2, 0.25) is 31.8 Å². The first-order valence-corrected chi connectivity index (χ1v) is 13.5. The highest BCUT2D eigenvalue weighted by Crippen LogP contribution is 2.29. The van der Waals surface area contributed by atoms with Crippen LogP contribution in [-0.2, 0) is 20.0 Å². The Morgan fingerprint density at radius 3 is 2.29 bits per heavy atom. The molecule has 0 spiro atoms. The van der Waals surface area contributed by atoms with Crippen LogP contribution in [0.4, 0.5) is 0 Å². The molecule has 3 heterocycles. The van der Waals surface area contributed by atoms with Gasteiger partial charge in [-0.1, -0.05) is 5.16 Å². The van der Waals surface area contributed by atoms with Crippen molar-refractivity contribution < 1.29 is 21.4 Å². The molecule has 31 heavy (non-hydrogen) atoms. The van der Waals surface area contributed by atoms with Crippen LogP contribution in [0.2, 0.25) is 0 Å². The van der Waals surface area contributed by atoms with E-state index in [1.807, 2.05) is 7.05 Å². The van der Waals surface area contributed by atoms with Crippen molar-refractivity contribution in [3.63, 3.8) is 0 Å². The Hall–Kier alpha value is -1.86. The van der Waals surface area contributed by atoms with Gasteiger partial charge in [-0.2, -0.15) is 9.29 Å². The zero-order valence-corrected chi connectivity index (χ0v) is 19.3. The Kier molecular flexibility index (Phi) is 6.19. The summed E-state index contributed by atoms with van der Waals surface area (Å²) in [7, 11) is -4.82. The number of piperidine rings is 1. The van der Waals surface area contributed by atoms with Gasteiger partial charge in [0.25, 0.3) is 0 Å². The minimum absolute atomic E-state index is 0.151. The van der Waals surface area contributed by atoms with Gasteiger partial charge >= 0.3 is 0 Å². The standard InChI is InChI=1S/C19H27N5O5S2/c1-22-10-12-23(13-11-22)31(27,28)17-7-5-15(6-8-17)18-20-19(29-21-18)16-4-3-9-24(14-16)30(2,25)26/h5-8,16H,3-4,9-14H2,1-2H3/t16-/m0/s1. The summed E-state index contributed by atoms with van der Waals surface area (Å²) in [5, 5.41) is 4.02. The van der Waals surface area contributed by atoms with Gasteiger partial charge in [0, 0.05) is 44.8 Å². The summed E-state index contributed by atoms with van der Waals surface area (Å²) >= 11 is 0. The van der Waals surface area contributed by atoms with E-state index in [1.165, 1.54) is 14.9 Å². The molecule has 1 aromatic carbocycles. The van der Waals surface area contributed by atoms with Gasteiger partial charge in [0.05, 0.1) is 17.1 Å². The number of nitrogens with zero attached hydrogens (tertiary/aromatic N) is 5. The van der Waals surface area contributed by atoms with E-state index in [1.54, 1.807) is 24.3 Å². The molecular weight excluding hydrogens is 442 g/mol. The van der Waals surface area contributed by atoms with Crippen molar-refractivity contribution >= 4 is 20.0 Å². The summed E-state index contributed by atoms with van der Waals surface area (Å²) in [5.41, 5.74) is 0.642. The summed E-state index contributed by atoms with van der Waals surface area (Å²) < 4.78 is 57.8. The number of rotatable bonds is 5. The van der Waals surface area contributed by atoms with Crippen LogP contribution < -0.4 is 0 Å². The maximum atomic E-state index is 12.9.